The maximum atomic E-state index is 12.3. The van der Waals surface area contributed by atoms with Gasteiger partial charge in [-0.1, -0.05) is 0 Å². The Morgan fingerprint density at radius 1 is 1.55 bits per heavy atom. The van der Waals surface area contributed by atoms with Gasteiger partial charge in [-0.05, 0) is 31.9 Å². The molecule has 20 heavy (non-hydrogen) atoms. The number of hydrogen-bond donors (Lipinski definition) is 2. The van der Waals surface area contributed by atoms with E-state index in [0.29, 0.717) is 30.8 Å². The van der Waals surface area contributed by atoms with Crippen LogP contribution in [-0.2, 0) is 15.0 Å². The van der Waals surface area contributed by atoms with Crippen LogP contribution in [-0.4, -0.2) is 41.9 Å². The van der Waals surface area contributed by atoms with Crippen LogP contribution in [0.1, 0.15) is 18.5 Å². The van der Waals surface area contributed by atoms with Gasteiger partial charge in [0.05, 0.1) is 17.3 Å². The standard InChI is InChI=1S/C12H17N3O4S/c1-9-11(5-2-6-13-9)14-20(18,19)15-7-3-4-10(8-15)12(16)17/h2,5-6,10,14H,3-4,7-8H2,1H3,(H,16,17). The Balaban J connectivity index is 2.14. The molecule has 110 valence electrons. The Morgan fingerprint density at radius 3 is 2.95 bits per heavy atom. The molecule has 1 saturated heterocycles. The summed E-state index contributed by atoms with van der Waals surface area (Å²) in [6.45, 7) is 2.04. The molecule has 2 rings (SSSR count). The fourth-order valence-electron chi connectivity index (χ4n) is 2.16. The quantitative estimate of drug-likeness (QED) is 0.858. The minimum absolute atomic E-state index is 0.00394. The van der Waals surface area contributed by atoms with Crippen molar-refractivity contribution in [2.24, 2.45) is 5.92 Å². The Labute approximate surface area is 117 Å². The van der Waals surface area contributed by atoms with Gasteiger partial charge >= 0.3 is 16.2 Å². The minimum Gasteiger partial charge on any atom is -0.481 e. The molecule has 1 aromatic rings. The second-order valence-electron chi connectivity index (χ2n) is 4.78. The molecule has 1 unspecified atom stereocenters. The molecular formula is C12H17N3O4S. The summed E-state index contributed by atoms with van der Waals surface area (Å²) in [7, 11) is -3.75. The van der Waals surface area contributed by atoms with E-state index >= 15 is 0 Å². The molecule has 8 heteroatoms. The molecule has 0 amide bonds. The van der Waals surface area contributed by atoms with Crippen LogP contribution in [0.2, 0.25) is 0 Å². The fraction of sp³-hybridized carbons (Fsp3) is 0.500. The molecule has 0 aromatic carbocycles. The van der Waals surface area contributed by atoms with Crippen molar-refractivity contribution >= 4 is 21.9 Å². The van der Waals surface area contributed by atoms with E-state index in [1.807, 2.05) is 0 Å². The van der Waals surface area contributed by atoms with Crippen molar-refractivity contribution < 1.29 is 18.3 Å². The van der Waals surface area contributed by atoms with E-state index in [2.05, 4.69) is 9.71 Å². The van der Waals surface area contributed by atoms with Gasteiger partial charge < -0.3 is 5.11 Å². The Kier molecular flexibility index (Phi) is 4.24. The highest BCUT2D eigenvalue weighted by Crippen LogP contribution is 2.21. The highest BCUT2D eigenvalue weighted by Gasteiger charge is 2.32. The monoisotopic (exact) mass is 299 g/mol. The first-order chi connectivity index (χ1) is 9.40. The van der Waals surface area contributed by atoms with Crippen molar-refractivity contribution in [3.05, 3.63) is 24.0 Å². The van der Waals surface area contributed by atoms with Gasteiger partial charge in [-0.2, -0.15) is 12.7 Å². The predicted molar refractivity (Wildman–Crippen MR) is 73.4 cm³/mol. The third-order valence-corrected chi connectivity index (χ3v) is 4.81. The molecule has 1 aromatic heterocycles. The van der Waals surface area contributed by atoms with Crippen LogP contribution in [0.15, 0.2) is 18.3 Å². The SMILES string of the molecule is Cc1ncccc1NS(=O)(=O)N1CCCC(C(=O)O)C1. The molecule has 0 radical (unpaired) electrons. The molecule has 7 nitrogen and oxygen atoms in total. The lowest BCUT2D eigenvalue weighted by Crippen LogP contribution is -2.44. The van der Waals surface area contributed by atoms with Crippen LogP contribution in [0, 0.1) is 12.8 Å². The maximum Gasteiger partial charge on any atom is 0.307 e. The smallest absolute Gasteiger partial charge is 0.307 e. The molecule has 0 saturated carbocycles. The lowest BCUT2D eigenvalue weighted by atomic mass is 10.0. The van der Waals surface area contributed by atoms with Gasteiger partial charge in [0.1, 0.15) is 0 Å². The summed E-state index contributed by atoms with van der Waals surface area (Å²) in [6.07, 6.45) is 2.63. The van der Waals surface area contributed by atoms with Crippen molar-refractivity contribution in [3.63, 3.8) is 0 Å². The van der Waals surface area contributed by atoms with Crippen molar-refractivity contribution in [1.29, 1.82) is 0 Å². The van der Waals surface area contributed by atoms with Gasteiger partial charge in [0.2, 0.25) is 0 Å². The minimum atomic E-state index is -3.75. The largest absolute Gasteiger partial charge is 0.481 e. The zero-order valence-electron chi connectivity index (χ0n) is 11.1. The van der Waals surface area contributed by atoms with Crippen molar-refractivity contribution in [2.75, 3.05) is 17.8 Å². The lowest BCUT2D eigenvalue weighted by molar-refractivity contribution is -0.142. The number of aromatic nitrogens is 1. The summed E-state index contributed by atoms with van der Waals surface area (Å²) >= 11 is 0. The third-order valence-electron chi connectivity index (χ3n) is 3.32. The highest BCUT2D eigenvalue weighted by molar-refractivity contribution is 7.90. The normalized spacial score (nSPS) is 20.6. The van der Waals surface area contributed by atoms with Crippen molar-refractivity contribution in [2.45, 2.75) is 19.8 Å². The molecule has 0 aliphatic carbocycles. The zero-order valence-corrected chi connectivity index (χ0v) is 11.9. The van der Waals surface area contributed by atoms with E-state index in [1.165, 1.54) is 4.31 Å². The maximum absolute atomic E-state index is 12.3. The second kappa shape index (κ2) is 5.76. The summed E-state index contributed by atoms with van der Waals surface area (Å²) in [5.41, 5.74) is 0.979. The summed E-state index contributed by atoms with van der Waals surface area (Å²) < 4.78 is 28.2. The topological polar surface area (TPSA) is 99.6 Å². The van der Waals surface area contributed by atoms with E-state index in [9.17, 15) is 13.2 Å². The lowest BCUT2D eigenvalue weighted by Gasteiger charge is -2.30. The van der Waals surface area contributed by atoms with E-state index in [1.54, 1.807) is 25.3 Å². The summed E-state index contributed by atoms with van der Waals surface area (Å²) in [6, 6.07) is 3.26. The average Bonchev–Trinajstić information content (AvgIpc) is 2.41. The first kappa shape index (κ1) is 14.7. The second-order valence-corrected chi connectivity index (χ2v) is 6.45. The van der Waals surface area contributed by atoms with Crippen LogP contribution >= 0.6 is 0 Å². The molecule has 1 aliphatic rings. The number of rotatable bonds is 4. The summed E-state index contributed by atoms with van der Waals surface area (Å²) in [5, 5.41) is 9.00. The molecule has 0 spiro atoms. The van der Waals surface area contributed by atoms with Crippen LogP contribution in [0.5, 0.6) is 0 Å². The first-order valence-corrected chi connectivity index (χ1v) is 7.76. The number of pyridine rings is 1. The number of carbonyl (C=O) groups is 1. The molecule has 2 heterocycles. The predicted octanol–water partition coefficient (Wildman–Crippen LogP) is 0.843. The van der Waals surface area contributed by atoms with E-state index < -0.39 is 22.1 Å². The Morgan fingerprint density at radius 2 is 2.30 bits per heavy atom. The number of aliphatic carboxylic acids is 1. The molecule has 1 aliphatic heterocycles. The summed E-state index contributed by atoms with van der Waals surface area (Å²) in [5.74, 6) is -1.60. The first-order valence-electron chi connectivity index (χ1n) is 6.32. The van der Waals surface area contributed by atoms with Crippen LogP contribution in [0.3, 0.4) is 0 Å². The number of nitrogens with zero attached hydrogens (tertiary/aromatic N) is 2. The average molecular weight is 299 g/mol. The van der Waals surface area contributed by atoms with Gasteiger partial charge in [-0.25, -0.2) is 0 Å². The number of piperidine rings is 1. The highest BCUT2D eigenvalue weighted by atomic mass is 32.2. The van der Waals surface area contributed by atoms with Crippen LogP contribution in [0.25, 0.3) is 0 Å². The van der Waals surface area contributed by atoms with Crippen molar-refractivity contribution in [3.8, 4) is 0 Å². The van der Waals surface area contributed by atoms with E-state index in [0.717, 1.165) is 0 Å². The number of nitrogens with one attached hydrogen (secondary N) is 1. The Hall–Kier alpha value is -1.67. The van der Waals surface area contributed by atoms with E-state index in [-0.39, 0.29) is 6.54 Å². The van der Waals surface area contributed by atoms with Crippen molar-refractivity contribution in [1.82, 2.24) is 9.29 Å². The summed E-state index contributed by atoms with van der Waals surface area (Å²) in [4.78, 5) is 15.0. The number of aryl methyl sites for hydroxylation is 1. The number of carboxylic acid groups (broad SMARTS) is 1. The molecule has 1 fully saturated rings. The van der Waals surface area contributed by atoms with E-state index in [4.69, 9.17) is 5.11 Å². The van der Waals surface area contributed by atoms with Gasteiger partial charge in [0, 0.05) is 19.3 Å². The van der Waals surface area contributed by atoms with Gasteiger partial charge in [-0.3, -0.25) is 14.5 Å². The number of carboxylic acids is 1. The number of anilines is 1. The Bertz CT molecular complexity index is 602. The molecular weight excluding hydrogens is 282 g/mol. The number of hydrogen-bond acceptors (Lipinski definition) is 4. The van der Waals surface area contributed by atoms with Gasteiger partial charge in [-0.15, -0.1) is 0 Å². The zero-order chi connectivity index (χ0) is 14.8. The molecule has 1 atom stereocenters. The molecule has 0 bridgehead atoms. The molecule has 2 N–H and O–H groups in total. The fourth-order valence-corrected chi connectivity index (χ4v) is 3.53. The third kappa shape index (κ3) is 3.26. The van der Waals surface area contributed by atoms with Crippen LogP contribution < -0.4 is 4.72 Å². The van der Waals surface area contributed by atoms with Gasteiger partial charge in [0.15, 0.2) is 0 Å². The van der Waals surface area contributed by atoms with Gasteiger partial charge in [0.25, 0.3) is 0 Å². The van der Waals surface area contributed by atoms with Crippen LogP contribution in [0.4, 0.5) is 5.69 Å².